The first-order valence-corrected chi connectivity index (χ1v) is 7.17. The van der Waals surface area contributed by atoms with E-state index in [9.17, 15) is 9.18 Å². The fraction of sp³-hybridized carbons (Fsp3) is 0.533. The average Bonchev–Trinajstić information content (AvgIpc) is 2.44. The Balaban J connectivity index is 2.28. The lowest BCUT2D eigenvalue weighted by atomic mass is 10.0. The molecule has 1 fully saturated rings. The zero-order valence-electron chi connectivity index (χ0n) is 12.1. The molecule has 2 N–H and O–H groups in total. The molecule has 1 atom stereocenters. The molecule has 0 saturated carbocycles. The summed E-state index contributed by atoms with van der Waals surface area (Å²) in [4.78, 5) is 13.3. The highest BCUT2D eigenvalue weighted by molar-refractivity contribution is 5.83. The lowest BCUT2D eigenvalue weighted by Gasteiger charge is -2.32. The first-order valence-electron chi connectivity index (χ1n) is 7.17. The van der Waals surface area contributed by atoms with Gasteiger partial charge in [-0.3, -0.25) is 4.79 Å². The number of benzene rings is 1. The lowest BCUT2D eigenvalue weighted by Crippen LogP contribution is -2.48. The van der Waals surface area contributed by atoms with Gasteiger partial charge < -0.3 is 15.5 Å². The summed E-state index contributed by atoms with van der Waals surface area (Å²) in [6.45, 7) is 6.43. The van der Waals surface area contributed by atoms with Crippen molar-refractivity contribution in [1.82, 2.24) is 10.6 Å². The Bertz CT molecular complexity index is 478. The SMILES string of the molecule is CCCNC(C)c1cccc(F)c1N1CCNC(=O)C1. The van der Waals surface area contributed by atoms with Gasteiger partial charge in [-0.15, -0.1) is 0 Å². The molecule has 1 aliphatic rings. The second-order valence-electron chi connectivity index (χ2n) is 5.12. The number of carbonyl (C=O) groups excluding carboxylic acids is 1. The van der Waals surface area contributed by atoms with Gasteiger partial charge in [0.1, 0.15) is 5.82 Å². The average molecular weight is 279 g/mol. The van der Waals surface area contributed by atoms with Crippen LogP contribution in [0.1, 0.15) is 31.9 Å². The topological polar surface area (TPSA) is 44.4 Å². The summed E-state index contributed by atoms with van der Waals surface area (Å²) in [5.41, 5.74) is 1.46. The number of rotatable bonds is 5. The minimum absolute atomic E-state index is 0.0559. The summed E-state index contributed by atoms with van der Waals surface area (Å²) in [5, 5.41) is 6.14. The van der Waals surface area contributed by atoms with E-state index in [1.165, 1.54) is 6.07 Å². The molecule has 5 heteroatoms. The van der Waals surface area contributed by atoms with Crippen molar-refractivity contribution in [3.63, 3.8) is 0 Å². The third kappa shape index (κ3) is 3.28. The molecule has 0 radical (unpaired) electrons. The molecular formula is C15H22FN3O. The molecule has 1 saturated heterocycles. The number of nitrogens with zero attached hydrogens (tertiary/aromatic N) is 1. The maximum absolute atomic E-state index is 14.2. The van der Waals surface area contributed by atoms with Crippen molar-refractivity contribution in [2.75, 3.05) is 31.1 Å². The van der Waals surface area contributed by atoms with Crippen LogP contribution in [0.5, 0.6) is 0 Å². The molecule has 4 nitrogen and oxygen atoms in total. The van der Waals surface area contributed by atoms with Gasteiger partial charge in [-0.2, -0.15) is 0 Å². The smallest absolute Gasteiger partial charge is 0.239 e. The van der Waals surface area contributed by atoms with E-state index in [-0.39, 0.29) is 24.3 Å². The number of nitrogens with one attached hydrogen (secondary N) is 2. The summed E-state index contributed by atoms with van der Waals surface area (Å²) in [6.07, 6.45) is 1.03. The van der Waals surface area contributed by atoms with Crippen molar-refractivity contribution in [2.24, 2.45) is 0 Å². The van der Waals surface area contributed by atoms with Gasteiger partial charge in [-0.05, 0) is 31.5 Å². The van der Waals surface area contributed by atoms with Crippen LogP contribution in [-0.4, -0.2) is 32.1 Å². The number of piperazine rings is 1. The summed E-state index contributed by atoms with van der Waals surface area (Å²) in [7, 11) is 0. The standard InChI is InChI=1S/C15H22FN3O/c1-3-7-17-11(2)12-5-4-6-13(16)15(12)19-9-8-18-14(20)10-19/h4-6,11,17H,3,7-10H2,1-2H3,(H,18,20). The zero-order chi connectivity index (χ0) is 14.5. The lowest BCUT2D eigenvalue weighted by molar-refractivity contribution is -0.120. The second-order valence-corrected chi connectivity index (χ2v) is 5.12. The van der Waals surface area contributed by atoms with E-state index in [0.29, 0.717) is 18.8 Å². The maximum Gasteiger partial charge on any atom is 0.239 e. The van der Waals surface area contributed by atoms with Gasteiger partial charge >= 0.3 is 0 Å². The van der Waals surface area contributed by atoms with Gasteiger partial charge in [-0.25, -0.2) is 4.39 Å². The van der Waals surface area contributed by atoms with Crippen molar-refractivity contribution >= 4 is 11.6 Å². The Hall–Kier alpha value is -1.62. The summed E-state index contributed by atoms with van der Waals surface area (Å²) >= 11 is 0. The molecule has 2 rings (SSSR count). The Morgan fingerprint density at radius 3 is 3.00 bits per heavy atom. The van der Waals surface area contributed by atoms with Crippen LogP contribution in [0.15, 0.2) is 18.2 Å². The quantitative estimate of drug-likeness (QED) is 0.864. The molecule has 1 heterocycles. The molecule has 0 aliphatic carbocycles. The van der Waals surface area contributed by atoms with Gasteiger partial charge in [0.15, 0.2) is 0 Å². The largest absolute Gasteiger partial charge is 0.358 e. The van der Waals surface area contributed by atoms with E-state index in [2.05, 4.69) is 17.6 Å². The zero-order valence-corrected chi connectivity index (χ0v) is 12.1. The van der Waals surface area contributed by atoms with Crippen LogP contribution in [0.3, 0.4) is 0 Å². The summed E-state index contributed by atoms with van der Waals surface area (Å²) in [5.74, 6) is -0.318. The highest BCUT2D eigenvalue weighted by Gasteiger charge is 2.23. The summed E-state index contributed by atoms with van der Waals surface area (Å²) in [6, 6.07) is 5.17. The van der Waals surface area contributed by atoms with Gasteiger partial charge in [-0.1, -0.05) is 19.1 Å². The van der Waals surface area contributed by atoms with Crippen LogP contribution < -0.4 is 15.5 Å². The molecule has 0 bridgehead atoms. The molecule has 1 aromatic carbocycles. The van der Waals surface area contributed by atoms with E-state index in [1.54, 1.807) is 6.07 Å². The van der Waals surface area contributed by atoms with Crippen LogP contribution in [0, 0.1) is 5.82 Å². The number of hydrogen-bond acceptors (Lipinski definition) is 3. The van der Waals surface area contributed by atoms with Crippen LogP contribution in [0.2, 0.25) is 0 Å². The molecular weight excluding hydrogens is 257 g/mol. The van der Waals surface area contributed by atoms with Crippen molar-refractivity contribution in [1.29, 1.82) is 0 Å². The number of amides is 1. The van der Waals surface area contributed by atoms with Crippen LogP contribution in [0.4, 0.5) is 10.1 Å². The Morgan fingerprint density at radius 2 is 2.30 bits per heavy atom. The molecule has 1 amide bonds. The minimum Gasteiger partial charge on any atom is -0.358 e. The fourth-order valence-electron chi connectivity index (χ4n) is 2.52. The number of carbonyl (C=O) groups is 1. The van der Waals surface area contributed by atoms with Gasteiger partial charge in [0, 0.05) is 19.1 Å². The van der Waals surface area contributed by atoms with Crippen molar-refractivity contribution in [3.05, 3.63) is 29.6 Å². The van der Waals surface area contributed by atoms with Gasteiger partial charge in [0.25, 0.3) is 0 Å². The Morgan fingerprint density at radius 1 is 1.50 bits per heavy atom. The Kier molecular flexibility index (Phi) is 4.95. The molecule has 20 heavy (non-hydrogen) atoms. The Labute approximate surface area is 119 Å². The van der Waals surface area contributed by atoms with Crippen molar-refractivity contribution < 1.29 is 9.18 Å². The van der Waals surface area contributed by atoms with E-state index in [4.69, 9.17) is 0 Å². The number of anilines is 1. The number of hydrogen-bond donors (Lipinski definition) is 2. The predicted molar refractivity (Wildman–Crippen MR) is 78.3 cm³/mol. The van der Waals surface area contributed by atoms with Crippen LogP contribution in [0.25, 0.3) is 0 Å². The van der Waals surface area contributed by atoms with Gasteiger partial charge in [0.05, 0.1) is 12.2 Å². The summed E-state index contributed by atoms with van der Waals surface area (Å²) < 4.78 is 14.2. The molecule has 0 spiro atoms. The van der Waals surface area contributed by atoms with Crippen LogP contribution in [-0.2, 0) is 4.79 Å². The fourth-order valence-corrected chi connectivity index (χ4v) is 2.52. The third-order valence-electron chi connectivity index (χ3n) is 3.54. The first kappa shape index (κ1) is 14.8. The van der Waals surface area contributed by atoms with Crippen LogP contribution >= 0.6 is 0 Å². The van der Waals surface area contributed by atoms with E-state index < -0.39 is 0 Å². The third-order valence-corrected chi connectivity index (χ3v) is 3.54. The molecule has 0 aromatic heterocycles. The minimum atomic E-state index is -0.262. The predicted octanol–water partition coefficient (Wildman–Crippen LogP) is 1.82. The normalized spacial score (nSPS) is 16.9. The number of halogens is 1. The van der Waals surface area contributed by atoms with Crippen molar-refractivity contribution in [3.8, 4) is 0 Å². The molecule has 110 valence electrons. The maximum atomic E-state index is 14.2. The number of para-hydroxylation sites is 1. The molecule has 1 unspecified atom stereocenters. The molecule has 1 aliphatic heterocycles. The van der Waals surface area contributed by atoms with Crippen molar-refractivity contribution in [2.45, 2.75) is 26.3 Å². The highest BCUT2D eigenvalue weighted by atomic mass is 19.1. The monoisotopic (exact) mass is 279 g/mol. The highest BCUT2D eigenvalue weighted by Crippen LogP contribution is 2.29. The van der Waals surface area contributed by atoms with E-state index >= 15 is 0 Å². The first-order chi connectivity index (χ1) is 9.63. The van der Waals surface area contributed by atoms with E-state index in [0.717, 1.165) is 18.5 Å². The second kappa shape index (κ2) is 6.70. The van der Waals surface area contributed by atoms with Gasteiger partial charge in [0.2, 0.25) is 5.91 Å². The van der Waals surface area contributed by atoms with E-state index in [1.807, 2.05) is 17.9 Å². The molecule has 1 aromatic rings.